The first-order chi connectivity index (χ1) is 6.20. The van der Waals surface area contributed by atoms with Gasteiger partial charge >= 0.3 is 0 Å². The summed E-state index contributed by atoms with van der Waals surface area (Å²) < 4.78 is 13.0. The summed E-state index contributed by atoms with van der Waals surface area (Å²) in [5, 5.41) is 0. The zero-order chi connectivity index (χ0) is 9.68. The van der Waals surface area contributed by atoms with Crippen LogP contribution in [0.3, 0.4) is 0 Å². The smallest absolute Gasteiger partial charge is 0.138 e. The van der Waals surface area contributed by atoms with Gasteiger partial charge in [0.2, 0.25) is 0 Å². The highest BCUT2D eigenvalue weighted by atomic mass is 19.1. The van der Waals surface area contributed by atoms with Gasteiger partial charge in [-0.15, -0.1) is 0 Å². The van der Waals surface area contributed by atoms with Gasteiger partial charge in [-0.05, 0) is 26.0 Å². The van der Waals surface area contributed by atoms with Crippen molar-refractivity contribution in [1.82, 2.24) is 9.97 Å². The third-order valence-corrected chi connectivity index (χ3v) is 1.61. The molecule has 13 heavy (non-hydrogen) atoms. The number of aromatic nitrogens is 2. The second kappa shape index (κ2) is 4.60. The van der Waals surface area contributed by atoms with Gasteiger partial charge in [0.05, 0.1) is 5.69 Å². The van der Waals surface area contributed by atoms with E-state index in [2.05, 4.69) is 9.97 Å². The molecule has 2 nitrogen and oxygen atoms in total. The van der Waals surface area contributed by atoms with Crippen LogP contribution >= 0.6 is 0 Å². The number of rotatable bonds is 1. The maximum absolute atomic E-state index is 13.0. The van der Waals surface area contributed by atoms with Crippen molar-refractivity contribution in [2.45, 2.75) is 20.0 Å². The van der Waals surface area contributed by atoms with Gasteiger partial charge < -0.3 is 4.98 Å². The van der Waals surface area contributed by atoms with Gasteiger partial charge in [-0.25, -0.2) is 4.39 Å². The lowest BCUT2D eigenvalue weighted by atomic mass is 10.3. The topological polar surface area (TPSA) is 28.7 Å². The SMILES string of the molecule is Cc1ccccncc(C(C)F)[nH]1. The molecular formula is C10H13FN2. The Morgan fingerprint density at radius 3 is 2.92 bits per heavy atom. The van der Waals surface area contributed by atoms with Gasteiger partial charge in [-0.1, -0.05) is 6.07 Å². The number of hydrogen-bond acceptors (Lipinski definition) is 1. The van der Waals surface area contributed by atoms with E-state index in [-0.39, 0.29) is 0 Å². The maximum Gasteiger partial charge on any atom is 0.138 e. The predicted molar refractivity (Wildman–Crippen MR) is 50.5 cm³/mol. The minimum absolute atomic E-state index is 0.480. The minimum Gasteiger partial charge on any atom is -0.359 e. The van der Waals surface area contributed by atoms with E-state index in [1.165, 1.54) is 13.1 Å². The van der Waals surface area contributed by atoms with E-state index in [1.807, 2.05) is 19.1 Å². The number of H-pyrrole nitrogens is 1. The summed E-state index contributed by atoms with van der Waals surface area (Å²) in [5.74, 6) is 0. The van der Waals surface area contributed by atoms with Crippen LogP contribution in [0, 0.1) is 6.92 Å². The normalized spacial score (nSPS) is 11.9. The molecule has 3 heteroatoms. The molecule has 0 aliphatic heterocycles. The fourth-order valence-electron chi connectivity index (χ4n) is 0.926. The van der Waals surface area contributed by atoms with Crippen molar-refractivity contribution >= 4 is 0 Å². The third-order valence-electron chi connectivity index (χ3n) is 1.61. The molecule has 0 radical (unpaired) electrons. The van der Waals surface area contributed by atoms with Crippen molar-refractivity contribution < 1.29 is 4.39 Å². The summed E-state index contributed by atoms with van der Waals surface area (Å²) in [5.41, 5.74) is 1.38. The molecule has 1 aromatic rings. The average Bonchev–Trinajstić information content (AvgIpc) is 2.16. The van der Waals surface area contributed by atoms with E-state index in [1.54, 1.807) is 12.3 Å². The molecule has 0 aliphatic rings. The first-order valence-corrected chi connectivity index (χ1v) is 4.18. The molecule has 0 saturated heterocycles. The van der Waals surface area contributed by atoms with Crippen LogP contribution in [0.25, 0.3) is 0 Å². The van der Waals surface area contributed by atoms with Crippen LogP contribution in [0.4, 0.5) is 4.39 Å². The molecular weight excluding hydrogens is 167 g/mol. The molecule has 0 bridgehead atoms. The summed E-state index contributed by atoms with van der Waals surface area (Å²) in [6.07, 6.45) is 2.09. The summed E-state index contributed by atoms with van der Waals surface area (Å²) >= 11 is 0. The first-order valence-electron chi connectivity index (χ1n) is 4.18. The van der Waals surface area contributed by atoms with Crippen LogP contribution in [0.5, 0.6) is 0 Å². The van der Waals surface area contributed by atoms with Gasteiger partial charge in [0.1, 0.15) is 6.17 Å². The highest BCUT2D eigenvalue weighted by Gasteiger charge is 1.99. The monoisotopic (exact) mass is 180 g/mol. The number of nitrogens with one attached hydrogen (secondary N) is 1. The Morgan fingerprint density at radius 1 is 1.46 bits per heavy atom. The molecule has 0 aliphatic carbocycles. The zero-order valence-electron chi connectivity index (χ0n) is 7.79. The number of hydrogen-bond donors (Lipinski definition) is 1. The molecule has 0 amide bonds. The van der Waals surface area contributed by atoms with Gasteiger partial charge in [0.15, 0.2) is 0 Å². The number of alkyl halides is 1. The van der Waals surface area contributed by atoms with Crippen LogP contribution in [0.1, 0.15) is 24.5 Å². The Balaban J connectivity index is 3.24. The highest BCUT2D eigenvalue weighted by molar-refractivity contribution is 5.04. The summed E-state index contributed by atoms with van der Waals surface area (Å²) in [4.78, 5) is 6.86. The van der Waals surface area contributed by atoms with Crippen LogP contribution in [-0.4, -0.2) is 9.97 Å². The lowest BCUT2D eigenvalue weighted by molar-refractivity contribution is 0.365. The van der Waals surface area contributed by atoms with Crippen LogP contribution < -0.4 is 0 Å². The molecule has 1 atom stereocenters. The van der Waals surface area contributed by atoms with E-state index >= 15 is 0 Å². The third kappa shape index (κ3) is 3.23. The van der Waals surface area contributed by atoms with E-state index in [9.17, 15) is 4.39 Å². The number of aryl methyl sites for hydroxylation is 1. The Morgan fingerprint density at radius 2 is 2.23 bits per heavy atom. The molecule has 0 saturated carbocycles. The zero-order valence-corrected chi connectivity index (χ0v) is 7.79. The Labute approximate surface area is 77.2 Å². The number of nitrogens with zero attached hydrogens (tertiary/aromatic N) is 1. The van der Waals surface area contributed by atoms with Crippen molar-refractivity contribution in [2.75, 3.05) is 0 Å². The van der Waals surface area contributed by atoms with Crippen molar-refractivity contribution in [3.63, 3.8) is 0 Å². The molecule has 70 valence electrons. The fourth-order valence-corrected chi connectivity index (χ4v) is 0.926. The van der Waals surface area contributed by atoms with Gasteiger partial charge in [-0.2, -0.15) is 0 Å². The van der Waals surface area contributed by atoms with E-state index in [0.717, 1.165) is 5.69 Å². The van der Waals surface area contributed by atoms with Gasteiger partial charge in [0.25, 0.3) is 0 Å². The molecule has 1 unspecified atom stereocenters. The summed E-state index contributed by atoms with van der Waals surface area (Å²) in [6.45, 7) is 3.36. The second-order valence-corrected chi connectivity index (χ2v) is 2.86. The molecule has 1 aromatic heterocycles. The molecule has 1 N–H and O–H groups in total. The maximum atomic E-state index is 13.0. The predicted octanol–water partition coefficient (Wildman–Crippen LogP) is 2.87. The largest absolute Gasteiger partial charge is 0.359 e. The average molecular weight is 180 g/mol. The van der Waals surface area contributed by atoms with E-state index in [4.69, 9.17) is 0 Å². The minimum atomic E-state index is -1.03. The summed E-state index contributed by atoms with van der Waals surface area (Å²) in [7, 11) is 0. The van der Waals surface area contributed by atoms with Crippen LogP contribution in [-0.2, 0) is 0 Å². The lowest BCUT2D eigenvalue weighted by Crippen LogP contribution is -1.89. The molecule has 0 aromatic carbocycles. The molecule has 0 fully saturated rings. The summed E-state index contributed by atoms with van der Waals surface area (Å²) in [6, 6.07) is 5.52. The van der Waals surface area contributed by atoms with Crippen molar-refractivity contribution in [3.8, 4) is 0 Å². The Kier molecular flexibility index (Phi) is 3.43. The number of halogens is 1. The van der Waals surface area contributed by atoms with Crippen molar-refractivity contribution in [3.05, 3.63) is 42.0 Å². The quantitative estimate of drug-likeness (QED) is 0.707. The van der Waals surface area contributed by atoms with E-state index in [0.29, 0.717) is 5.69 Å². The lowest BCUT2D eigenvalue weighted by Gasteiger charge is -1.98. The Bertz CT molecular complexity index is 317. The number of aromatic amines is 1. The van der Waals surface area contributed by atoms with Gasteiger partial charge in [-0.3, -0.25) is 4.98 Å². The van der Waals surface area contributed by atoms with Crippen LogP contribution in [0.15, 0.2) is 30.6 Å². The van der Waals surface area contributed by atoms with Crippen molar-refractivity contribution in [1.29, 1.82) is 0 Å². The van der Waals surface area contributed by atoms with Crippen molar-refractivity contribution in [2.24, 2.45) is 0 Å². The second-order valence-electron chi connectivity index (χ2n) is 2.86. The van der Waals surface area contributed by atoms with E-state index < -0.39 is 6.17 Å². The Hall–Kier alpha value is -1.38. The molecule has 0 spiro atoms. The molecule has 1 heterocycles. The first kappa shape index (κ1) is 9.71. The highest BCUT2D eigenvalue weighted by Crippen LogP contribution is 2.10. The molecule has 1 rings (SSSR count). The van der Waals surface area contributed by atoms with Crippen LogP contribution in [0.2, 0.25) is 0 Å². The van der Waals surface area contributed by atoms with Gasteiger partial charge in [0, 0.05) is 18.1 Å². The standard InChI is InChI=1S/C10H13FN2/c1-8-5-3-4-6-12-7-10(13-8)9(2)11/h3-7,9,13H,1-2H3. The fraction of sp³-hybridized carbons (Fsp3) is 0.300.